The van der Waals surface area contributed by atoms with Crippen molar-refractivity contribution >= 4 is 34.5 Å². The monoisotopic (exact) mass is 342 g/mol. The number of halogens is 1. The molecule has 5 heteroatoms. The Hall–Kier alpha value is -2.17. The maximum atomic E-state index is 12.1. The molecule has 3 nitrogen and oxygen atoms in total. The summed E-state index contributed by atoms with van der Waals surface area (Å²) in [5.41, 5.74) is 3.51. The van der Waals surface area contributed by atoms with Crippen LogP contribution in [-0.2, 0) is 11.2 Å². The second-order valence-electron chi connectivity index (χ2n) is 5.20. The first-order valence-electron chi connectivity index (χ1n) is 7.17. The molecule has 1 N–H and O–H groups in total. The van der Waals surface area contributed by atoms with Crippen molar-refractivity contribution in [2.75, 3.05) is 5.32 Å². The third-order valence-electron chi connectivity index (χ3n) is 3.37. The van der Waals surface area contributed by atoms with E-state index < -0.39 is 0 Å². The minimum absolute atomic E-state index is 0.102. The van der Waals surface area contributed by atoms with Crippen LogP contribution in [0.25, 0.3) is 10.6 Å². The molecule has 0 aliphatic heterocycles. The Bertz CT molecular complexity index is 830. The topological polar surface area (TPSA) is 42.0 Å². The Labute approximate surface area is 144 Å². The molecular formula is C18H15ClN2OS. The summed E-state index contributed by atoms with van der Waals surface area (Å²) in [5, 5.41) is 6.33. The summed E-state index contributed by atoms with van der Waals surface area (Å²) in [7, 11) is 0. The summed E-state index contributed by atoms with van der Waals surface area (Å²) in [5.74, 6) is -0.102. The fourth-order valence-electron chi connectivity index (χ4n) is 2.14. The molecule has 116 valence electrons. The molecule has 0 fully saturated rings. The van der Waals surface area contributed by atoms with Gasteiger partial charge in [-0.3, -0.25) is 4.79 Å². The average Bonchev–Trinajstić information content (AvgIpc) is 3.00. The molecule has 1 amide bonds. The van der Waals surface area contributed by atoms with E-state index in [1.807, 2.05) is 54.8 Å². The highest BCUT2D eigenvalue weighted by Crippen LogP contribution is 2.24. The molecule has 0 radical (unpaired) electrons. The number of nitrogens with zero attached hydrogens (tertiary/aromatic N) is 1. The van der Waals surface area contributed by atoms with Gasteiger partial charge in [-0.1, -0.05) is 48.0 Å². The van der Waals surface area contributed by atoms with Crippen molar-refractivity contribution < 1.29 is 4.79 Å². The van der Waals surface area contributed by atoms with Gasteiger partial charge in [0.2, 0.25) is 5.91 Å². The fraction of sp³-hybridized carbons (Fsp3) is 0.111. The minimum atomic E-state index is -0.102. The molecule has 0 spiro atoms. The molecule has 0 atom stereocenters. The predicted octanol–water partition coefficient (Wildman–Crippen LogP) is 4.95. The Morgan fingerprint density at radius 1 is 1.22 bits per heavy atom. The largest absolute Gasteiger partial charge is 0.326 e. The molecule has 0 unspecified atom stereocenters. The standard InChI is InChI=1S/C18H15ClN2OS/c1-12-7-8-14(9-16(12)19)20-17(22)10-15-11-23-18(21-15)13-5-3-2-4-6-13/h2-9,11H,10H2,1H3,(H,20,22). The lowest BCUT2D eigenvalue weighted by atomic mass is 10.2. The zero-order chi connectivity index (χ0) is 16.2. The second kappa shape index (κ2) is 6.94. The SMILES string of the molecule is Cc1ccc(NC(=O)Cc2csc(-c3ccccc3)n2)cc1Cl. The number of aromatic nitrogens is 1. The van der Waals surface area contributed by atoms with Gasteiger partial charge < -0.3 is 5.32 Å². The van der Waals surface area contributed by atoms with Crippen LogP contribution in [0.1, 0.15) is 11.3 Å². The van der Waals surface area contributed by atoms with Gasteiger partial charge in [-0.05, 0) is 24.6 Å². The van der Waals surface area contributed by atoms with Gasteiger partial charge in [-0.2, -0.15) is 0 Å². The van der Waals surface area contributed by atoms with Crippen molar-refractivity contribution in [1.82, 2.24) is 4.98 Å². The molecule has 0 saturated carbocycles. The number of anilines is 1. The van der Waals surface area contributed by atoms with Gasteiger partial charge in [0, 0.05) is 21.7 Å². The van der Waals surface area contributed by atoms with Gasteiger partial charge in [0.1, 0.15) is 5.01 Å². The number of hydrogen-bond donors (Lipinski definition) is 1. The van der Waals surface area contributed by atoms with Gasteiger partial charge >= 0.3 is 0 Å². The van der Waals surface area contributed by atoms with Crippen LogP contribution >= 0.6 is 22.9 Å². The van der Waals surface area contributed by atoms with E-state index in [0.717, 1.165) is 21.8 Å². The van der Waals surface area contributed by atoms with E-state index in [2.05, 4.69) is 10.3 Å². The molecule has 0 bridgehead atoms. The predicted molar refractivity (Wildman–Crippen MR) is 96.1 cm³/mol. The van der Waals surface area contributed by atoms with Crippen LogP contribution in [0.2, 0.25) is 5.02 Å². The van der Waals surface area contributed by atoms with Crippen LogP contribution in [-0.4, -0.2) is 10.9 Å². The molecular weight excluding hydrogens is 328 g/mol. The van der Waals surface area contributed by atoms with E-state index in [9.17, 15) is 4.79 Å². The lowest BCUT2D eigenvalue weighted by molar-refractivity contribution is -0.115. The summed E-state index contributed by atoms with van der Waals surface area (Å²) in [6.07, 6.45) is 0.245. The van der Waals surface area contributed by atoms with Crippen LogP contribution in [0.15, 0.2) is 53.9 Å². The van der Waals surface area contributed by atoms with E-state index >= 15 is 0 Å². The first-order valence-corrected chi connectivity index (χ1v) is 8.43. The number of benzene rings is 2. The second-order valence-corrected chi connectivity index (χ2v) is 6.46. The molecule has 3 rings (SSSR count). The van der Waals surface area contributed by atoms with E-state index in [4.69, 9.17) is 11.6 Å². The first-order chi connectivity index (χ1) is 11.1. The Balaban J connectivity index is 1.66. The van der Waals surface area contributed by atoms with Crippen molar-refractivity contribution in [3.63, 3.8) is 0 Å². The highest BCUT2D eigenvalue weighted by Gasteiger charge is 2.09. The van der Waals surface area contributed by atoms with Crippen molar-refractivity contribution in [2.45, 2.75) is 13.3 Å². The maximum Gasteiger partial charge on any atom is 0.230 e. The molecule has 1 heterocycles. The van der Waals surface area contributed by atoms with Crippen LogP contribution in [0.5, 0.6) is 0 Å². The van der Waals surface area contributed by atoms with Gasteiger partial charge in [0.05, 0.1) is 12.1 Å². The Kier molecular flexibility index (Phi) is 4.74. The Morgan fingerprint density at radius 3 is 2.74 bits per heavy atom. The summed E-state index contributed by atoms with van der Waals surface area (Å²) >= 11 is 7.61. The number of aryl methyl sites for hydroxylation is 1. The molecule has 1 aromatic heterocycles. The first kappa shape index (κ1) is 15.7. The van der Waals surface area contributed by atoms with Gasteiger partial charge in [0.25, 0.3) is 0 Å². The van der Waals surface area contributed by atoms with E-state index in [1.54, 1.807) is 17.4 Å². The van der Waals surface area contributed by atoms with Crippen molar-refractivity contribution in [1.29, 1.82) is 0 Å². The van der Waals surface area contributed by atoms with Crippen LogP contribution < -0.4 is 5.32 Å². The lowest BCUT2D eigenvalue weighted by Gasteiger charge is -2.06. The number of carbonyl (C=O) groups is 1. The fourth-order valence-corrected chi connectivity index (χ4v) is 3.15. The van der Waals surface area contributed by atoms with Crippen molar-refractivity contribution in [2.24, 2.45) is 0 Å². The third-order valence-corrected chi connectivity index (χ3v) is 4.72. The molecule has 0 aliphatic rings. The molecule has 0 aliphatic carbocycles. The Morgan fingerprint density at radius 2 is 2.00 bits per heavy atom. The number of thiazole rings is 1. The minimum Gasteiger partial charge on any atom is -0.326 e. The van der Waals surface area contributed by atoms with E-state index in [1.165, 1.54) is 0 Å². The smallest absolute Gasteiger partial charge is 0.230 e. The summed E-state index contributed by atoms with van der Waals surface area (Å²) < 4.78 is 0. The molecule has 0 saturated heterocycles. The third kappa shape index (κ3) is 3.97. The molecule has 2 aromatic carbocycles. The summed E-state index contributed by atoms with van der Waals surface area (Å²) in [6.45, 7) is 1.92. The number of hydrogen-bond acceptors (Lipinski definition) is 3. The average molecular weight is 343 g/mol. The van der Waals surface area contributed by atoms with E-state index in [-0.39, 0.29) is 12.3 Å². The number of rotatable bonds is 4. The highest BCUT2D eigenvalue weighted by molar-refractivity contribution is 7.13. The molecule has 3 aromatic rings. The van der Waals surface area contributed by atoms with Crippen molar-refractivity contribution in [3.8, 4) is 10.6 Å². The number of carbonyl (C=O) groups excluding carboxylic acids is 1. The summed E-state index contributed by atoms with van der Waals surface area (Å²) in [4.78, 5) is 16.7. The van der Waals surface area contributed by atoms with E-state index in [0.29, 0.717) is 10.7 Å². The highest BCUT2D eigenvalue weighted by atomic mass is 35.5. The van der Waals surface area contributed by atoms with Gasteiger partial charge in [-0.25, -0.2) is 4.98 Å². The molecule has 23 heavy (non-hydrogen) atoms. The summed E-state index contributed by atoms with van der Waals surface area (Å²) in [6, 6.07) is 15.4. The lowest BCUT2D eigenvalue weighted by Crippen LogP contribution is -2.14. The normalized spacial score (nSPS) is 10.5. The number of nitrogens with one attached hydrogen (secondary N) is 1. The zero-order valence-corrected chi connectivity index (χ0v) is 14.1. The van der Waals surface area contributed by atoms with Crippen molar-refractivity contribution in [3.05, 3.63) is 70.2 Å². The maximum absolute atomic E-state index is 12.1. The van der Waals surface area contributed by atoms with Gasteiger partial charge in [-0.15, -0.1) is 11.3 Å². The quantitative estimate of drug-likeness (QED) is 0.728. The van der Waals surface area contributed by atoms with Crippen LogP contribution in [0, 0.1) is 6.92 Å². The van der Waals surface area contributed by atoms with Gasteiger partial charge in [0.15, 0.2) is 0 Å². The number of amides is 1. The van der Waals surface area contributed by atoms with Crippen LogP contribution in [0.3, 0.4) is 0 Å². The van der Waals surface area contributed by atoms with Crippen LogP contribution in [0.4, 0.5) is 5.69 Å². The zero-order valence-electron chi connectivity index (χ0n) is 12.5.